The maximum atomic E-state index is 12.4. The molecule has 3 aromatic rings. The van der Waals surface area contributed by atoms with Gasteiger partial charge in [-0.2, -0.15) is 5.10 Å². The lowest BCUT2D eigenvalue weighted by Crippen LogP contribution is -2.32. The van der Waals surface area contributed by atoms with Crippen LogP contribution in [-0.4, -0.2) is 43.7 Å². The van der Waals surface area contributed by atoms with E-state index in [4.69, 9.17) is 14.2 Å². The smallest absolute Gasteiger partial charge is 0.347 e. The van der Waals surface area contributed by atoms with Crippen LogP contribution in [0.15, 0.2) is 53.6 Å². The van der Waals surface area contributed by atoms with E-state index in [9.17, 15) is 19.2 Å². The minimum atomic E-state index is -0.994. The number of benzene rings is 2. The standard InChI is InChI=1S/C27H25N3O7S/c1-3-36-27(34)22-19-8-6-10-21(19)38-25(22)29-23(31)24(32)30-28-15-16-11-13-17(14-12-16)37-26(33)18-7-4-5-9-20(18)35-2/h4-5,7,9,11-15H,3,6,8,10H2,1-2H3,(H,29,31)(H,30,32)/b28-15+. The number of thiophene rings is 1. The van der Waals surface area contributed by atoms with E-state index < -0.39 is 23.8 Å². The topological polar surface area (TPSA) is 132 Å². The lowest BCUT2D eigenvalue weighted by molar-refractivity contribution is -0.136. The number of aryl methyl sites for hydroxylation is 1. The molecular formula is C27H25N3O7S. The minimum Gasteiger partial charge on any atom is -0.496 e. The minimum absolute atomic E-state index is 0.206. The number of carbonyl (C=O) groups is 4. The highest BCUT2D eigenvalue weighted by Crippen LogP contribution is 2.39. The molecule has 2 N–H and O–H groups in total. The molecule has 10 nitrogen and oxygen atoms in total. The number of methoxy groups -OCH3 is 1. The van der Waals surface area contributed by atoms with Crippen LogP contribution in [0.25, 0.3) is 0 Å². The number of ether oxygens (including phenoxy) is 3. The molecule has 1 aliphatic rings. The van der Waals surface area contributed by atoms with Crippen molar-refractivity contribution in [3.05, 3.63) is 75.7 Å². The van der Waals surface area contributed by atoms with Crippen molar-refractivity contribution in [3.63, 3.8) is 0 Å². The summed E-state index contributed by atoms with van der Waals surface area (Å²) in [6.07, 6.45) is 3.81. The van der Waals surface area contributed by atoms with Gasteiger partial charge in [-0.05, 0) is 73.7 Å². The molecule has 1 aliphatic carbocycles. The first-order valence-corrected chi connectivity index (χ1v) is 12.6. The Kier molecular flexibility index (Phi) is 8.49. The lowest BCUT2D eigenvalue weighted by atomic mass is 10.1. The average Bonchev–Trinajstić information content (AvgIpc) is 3.50. The Balaban J connectivity index is 1.33. The van der Waals surface area contributed by atoms with Crippen molar-refractivity contribution in [3.8, 4) is 11.5 Å². The van der Waals surface area contributed by atoms with E-state index in [-0.39, 0.29) is 6.61 Å². The van der Waals surface area contributed by atoms with Gasteiger partial charge in [0.15, 0.2) is 0 Å². The zero-order chi connectivity index (χ0) is 27.1. The number of esters is 2. The fraction of sp³-hybridized carbons (Fsp3) is 0.222. The van der Waals surface area contributed by atoms with Gasteiger partial charge in [-0.15, -0.1) is 11.3 Å². The van der Waals surface area contributed by atoms with Gasteiger partial charge in [0, 0.05) is 4.88 Å². The summed E-state index contributed by atoms with van der Waals surface area (Å²) in [7, 11) is 1.47. The Morgan fingerprint density at radius 3 is 2.50 bits per heavy atom. The lowest BCUT2D eigenvalue weighted by Gasteiger charge is -2.08. The molecule has 1 aromatic heterocycles. The number of hydrazone groups is 1. The van der Waals surface area contributed by atoms with Crippen molar-refractivity contribution in [2.45, 2.75) is 26.2 Å². The molecule has 0 unspecified atom stereocenters. The van der Waals surface area contributed by atoms with Crippen LogP contribution in [0.4, 0.5) is 5.00 Å². The Morgan fingerprint density at radius 2 is 1.76 bits per heavy atom. The molecule has 11 heteroatoms. The van der Waals surface area contributed by atoms with E-state index in [1.807, 2.05) is 0 Å². The van der Waals surface area contributed by atoms with E-state index >= 15 is 0 Å². The zero-order valence-electron chi connectivity index (χ0n) is 20.7. The van der Waals surface area contributed by atoms with E-state index in [0.29, 0.717) is 33.2 Å². The molecule has 0 atom stereocenters. The van der Waals surface area contributed by atoms with Crippen molar-refractivity contribution in [1.29, 1.82) is 0 Å². The van der Waals surface area contributed by atoms with Crippen molar-refractivity contribution in [1.82, 2.24) is 5.43 Å². The van der Waals surface area contributed by atoms with Gasteiger partial charge in [0.25, 0.3) is 0 Å². The highest BCUT2D eigenvalue weighted by molar-refractivity contribution is 7.17. The first kappa shape index (κ1) is 26.6. The monoisotopic (exact) mass is 535 g/mol. The molecule has 2 amide bonds. The Morgan fingerprint density at radius 1 is 1.00 bits per heavy atom. The van der Waals surface area contributed by atoms with Crippen LogP contribution in [0, 0.1) is 0 Å². The predicted molar refractivity (Wildman–Crippen MR) is 141 cm³/mol. The van der Waals surface area contributed by atoms with Gasteiger partial charge in [-0.25, -0.2) is 15.0 Å². The molecule has 0 aliphatic heterocycles. The largest absolute Gasteiger partial charge is 0.496 e. The average molecular weight is 536 g/mol. The van der Waals surface area contributed by atoms with Gasteiger partial charge in [0.05, 0.1) is 25.5 Å². The highest BCUT2D eigenvalue weighted by Gasteiger charge is 2.29. The van der Waals surface area contributed by atoms with Crippen LogP contribution in [0.1, 0.15) is 50.1 Å². The molecule has 0 saturated heterocycles. The van der Waals surface area contributed by atoms with Crippen molar-refractivity contribution >= 4 is 46.3 Å². The summed E-state index contributed by atoms with van der Waals surface area (Å²) in [6, 6.07) is 13.1. The number of nitrogens with one attached hydrogen (secondary N) is 2. The number of fused-ring (bicyclic) bond motifs is 1. The van der Waals surface area contributed by atoms with Gasteiger partial charge in [-0.1, -0.05) is 12.1 Å². The van der Waals surface area contributed by atoms with Crippen molar-refractivity contribution < 1.29 is 33.4 Å². The maximum Gasteiger partial charge on any atom is 0.347 e. The number of amides is 2. The molecule has 0 fully saturated rings. The van der Waals surface area contributed by atoms with Gasteiger partial charge in [0.2, 0.25) is 0 Å². The second kappa shape index (κ2) is 12.2. The zero-order valence-corrected chi connectivity index (χ0v) is 21.6. The van der Waals surface area contributed by atoms with Crippen molar-refractivity contribution in [2.75, 3.05) is 19.0 Å². The summed E-state index contributed by atoms with van der Waals surface area (Å²) in [6.45, 7) is 1.91. The summed E-state index contributed by atoms with van der Waals surface area (Å²) in [5, 5.41) is 6.62. The van der Waals surface area contributed by atoms with Crippen LogP contribution in [-0.2, 0) is 27.2 Å². The van der Waals surface area contributed by atoms with Crippen LogP contribution >= 0.6 is 11.3 Å². The number of hydrogen-bond acceptors (Lipinski definition) is 9. The number of anilines is 1. The quantitative estimate of drug-likeness (QED) is 0.148. The maximum absolute atomic E-state index is 12.4. The first-order valence-electron chi connectivity index (χ1n) is 11.8. The second-order valence-corrected chi connectivity index (χ2v) is 9.20. The van der Waals surface area contributed by atoms with E-state index in [1.165, 1.54) is 24.7 Å². The SMILES string of the molecule is CCOC(=O)c1c(NC(=O)C(=O)N/N=C/c2ccc(OC(=O)c3ccccc3OC)cc2)sc2c1CCC2. The summed E-state index contributed by atoms with van der Waals surface area (Å²) in [5.41, 5.74) is 4.24. The van der Waals surface area contributed by atoms with Gasteiger partial charge in [-0.3, -0.25) is 9.59 Å². The Bertz CT molecular complexity index is 1400. The molecule has 38 heavy (non-hydrogen) atoms. The molecule has 0 bridgehead atoms. The van der Waals surface area contributed by atoms with Gasteiger partial charge >= 0.3 is 23.8 Å². The van der Waals surface area contributed by atoms with E-state index in [0.717, 1.165) is 29.7 Å². The third kappa shape index (κ3) is 6.06. The van der Waals surface area contributed by atoms with Gasteiger partial charge < -0.3 is 19.5 Å². The van der Waals surface area contributed by atoms with Gasteiger partial charge in [0.1, 0.15) is 22.1 Å². The molecular weight excluding hydrogens is 510 g/mol. The molecule has 0 radical (unpaired) electrons. The molecule has 0 saturated carbocycles. The highest BCUT2D eigenvalue weighted by atomic mass is 32.1. The predicted octanol–water partition coefficient (Wildman–Crippen LogP) is 3.73. The fourth-order valence-electron chi connectivity index (χ4n) is 3.88. The second-order valence-electron chi connectivity index (χ2n) is 8.09. The molecule has 196 valence electrons. The molecule has 4 rings (SSSR count). The first-order chi connectivity index (χ1) is 18.4. The summed E-state index contributed by atoms with van der Waals surface area (Å²) < 4.78 is 15.7. The van der Waals surface area contributed by atoms with Crippen LogP contribution in [0.3, 0.4) is 0 Å². The fourth-order valence-corrected chi connectivity index (χ4v) is 5.16. The summed E-state index contributed by atoms with van der Waals surface area (Å²) in [4.78, 5) is 50.5. The normalized spacial score (nSPS) is 12.1. The Hall–Kier alpha value is -4.51. The summed E-state index contributed by atoms with van der Waals surface area (Å²) >= 11 is 1.28. The molecule has 2 aromatic carbocycles. The molecule has 1 heterocycles. The van der Waals surface area contributed by atoms with Crippen molar-refractivity contribution in [2.24, 2.45) is 5.10 Å². The van der Waals surface area contributed by atoms with Crippen LogP contribution in [0.2, 0.25) is 0 Å². The third-order valence-electron chi connectivity index (χ3n) is 5.63. The number of hydrogen-bond donors (Lipinski definition) is 2. The number of para-hydroxylation sites is 1. The Labute approximate surface area is 222 Å². The molecule has 0 spiro atoms. The van der Waals surface area contributed by atoms with E-state index in [1.54, 1.807) is 55.5 Å². The third-order valence-corrected chi connectivity index (χ3v) is 6.84. The van der Waals surface area contributed by atoms with Crippen LogP contribution < -0.4 is 20.2 Å². The number of rotatable bonds is 8. The van der Waals surface area contributed by atoms with E-state index in [2.05, 4.69) is 15.8 Å². The summed E-state index contributed by atoms with van der Waals surface area (Å²) in [5.74, 6) is -2.32. The number of carbonyl (C=O) groups excluding carboxylic acids is 4. The number of nitrogens with zero attached hydrogens (tertiary/aromatic N) is 1. The van der Waals surface area contributed by atoms with Crippen LogP contribution in [0.5, 0.6) is 11.5 Å².